The van der Waals surface area contributed by atoms with Crippen LogP contribution in [0.25, 0.3) is 0 Å². The Labute approximate surface area is 115 Å². The van der Waals surface area contributed by atoms with Crippen molar-refractivity contribution in [1.82, 2.24) is 0 Å². The first-order valence-electron chi connectivity index (χ1n) is 7.33. The maximum atomic E-state index is 5.48. The van der Waals surface area contributed by atoms with Crippen molar-refractivity contribution in [3.8, 4) is 12.5 Å². The number of terminal acetylenes is 1. The standard InChI is InChI=1S/C16H28OSi/c1-5-7-8-9-13-16(18-17-6-2)14-11-10-12-15(16,3)4/h2,9,13H,5,7-8,10-12,14,18H2,1,3-4H3. The third-order valence-electron chi connectivity index (χ3n) is 4.60. The van der Waals surface area contributed by atoms with E-state index >= 15 is 0 Å². The van der Waals surface area contributed by atoms with Crippen LogP contribution in [0.2, 0.25) is 5.04 Å². The molecule has 0 aromatic rings. The van der Waals surface area contributed by atoms with E-state index in [0.29, 0.717) is 5.41 Å². The molecular weight excluding hydrogens is 236 g/mol. The Morgan fingerprint density at radius 2 is 2.06 bits per heavy atom. The molecule has 0 spiro atoms. The maximum Gasteiger partial charge on any atom is 0.245 e. The molecule has 1 atom stereocenters. The van der Waals surface area contributed by atoms with E-state index in [1.54, 1.807) is 0 Å². The second-order valence-electron chi connectivity index (χ2n) is 6.20. The molecule has 0 radical (unpaired) electrons. The minimum atomic E-state index is -0.703. The van der Waals surface area contributed by atoms with Gasteiger partial charge < -0.3 is 4.43 Å². The lowest BCUT2D eigenvalue weighted by Gasteiger charge is -2.47. The average molecular weight is 264 g/mol. The van der Waals surface area contributed by atoms with Crippen LogP contribution in [0.3, 0.4) is 0 Å². The van der Waals surface area contributed by atoms with Crippen LogP contribution in [0.1, 0.15) is 65.7 Å². The van der Waals surface area contributed by atoms with Crippen molar-refractivity contribution in [2.24, 2.45) is 5.41 Å². The molecule has 0 aliphatic heterocycles. The van der Waals surface area contributed by atoms with Crippen LogP contribution >= 0.6 is 0 Å². The van der Waals surface area contributed by atoms with Gasteiger partial charge in [0.15, 0.2) is 0 Å². The molecule has 0 aromatic carbocycles. The van der Waals surface area contributed by atoms with Crippen LogP contribution in [0.5, 0.6) is 0 Å². The van der Waals surface area contributed by atoms with Crippen molar-refractivity contribution in [2.45, 2.75) is 70.8 Å². The fourth-order valence-corrected chi connectivity index (χ4v) is 4.59. The Bertz CT molecular complexity index is 314. The molecule has 1 aliphatic rings. The second kappa shape index (κ2) is 7.04. The summed E-state index contributed by atoms with van der Waals surface area (Å²) in [6, 6.07) is 0. The van der Waals surface area contributed by atoms with E-state index in [1.165, 1.54) is 44.9 Å². The van der Waals surface area contributed by atoms with Gasteiger partial charge in [-0.25, -0.2) is 0 Å². The zero-order chi connectivity index (χ0) is 13.5. The number of unbranched alkanes of at least 4 members (excludes halogenated alkanes) is 2. The van der Waals surface area contributed by atoms with Crippen molar-refractivity contribution in [2.75, 3.05) is 0 Å². The normalized spacial score (nSPS) is 27.7. The Morgan fingerprint density at radius 3 is 2.67 bits per heavy atom. The molecule has 18 heavy (non-hydrogen) atoms. The zero-order valence-corrected chi connectivity index (χ0v) is 13.7. The lowest BCUT2D eigenvalue weighted by atomic mass is 9.67. The van der Waals surface area contributed by atoms with Crippen LogP contribution in [0, 0.1) is 17.9 Å². The molecule has 1 unspecified atom stereocenters. The zero-order valence-electron chi connectivity index (χ0n) is 12.3. The largest absolute Gasteiger partial charge is 0.508 e. The van der Waals surface area contributed by atoms with Gasteiger partial charge >= 0.3 is 0 Å². The summed E-state index contributed by atoms with van der Waals surface area (Å²) >= 11 is 0. The smallest absolute Gasteiger partial charge is 0.245 e. The van der Waals surface area contributed by atoms with E-state index in [0.717, 1.165) is 0 Å². The van der Waals surface area contributed by atoms with Crippen LogP contribution in [0.4, 0.5) is 0 Å². The van der Waals surface area contributed by atoms with Crippen LogP contribution in [0.15, 0.2) is 12.2 Å². The summed E-state index contributed by atoms with van der Waals surface area (Å²) in [7, 11) is -0.703. The Kier molecular flexibility index (Phi) is 6.01. The predicted molar refractivity (Wildman–Crippen MR) is 82.1 cm³/mol. The van der Waals surface area contributed by atoms with Gasteiger partial charge in [-0.3, -0.25) is 0 Å². The summed E-state index contributed by atoms with van der Waals surface area (Å²) in [5, 5.41) is 0.269. The van der Waals surface area contributed by atoms with Crippen LogP contribution in [-0.2, 0) is 4.43 Å². The quantitative estimate of drug-likeness (QED) is 0.303. The third-order valence-corrected chi connectivity index (χ3v) is 6.97. The highest BCUT2D eigenvalue weighted by atomic mass is 28.2. The van der Waals surface area contributed by atoms with E-state index in [-0.39, 0.29) is 5.04 Å². The van der Waals surface area contributed by atoms with Crippen LogP contribution < -0.4 is 0 Å². The monoisotopic (exact) mass is 264 g/mol. The van der Waals surface area contributed by atoms with Crippen molar-refractivity contribution < 1.29 is 4.43 Å². The van der Waals surface area contributed by atoms with E-state index in [9.17, 15) is 0 Å². The van der Waals surface area contributed by atoms with Gasteiger partial charge in [0.05, 0.1) is 6.11 Å². The SMILES string of the molecule is C#CO[SiH2]C1(C=CCCCC)CCCCC1(C)C. The van der Waals surface area contributed by atoms with Crippen molar-refractivity contribution >= 4 is 9.76 Å². The van der Waals surface area contributed by atoms with E-state index < -0.39 is 9.76 Å². The molecule has 0 heterocycles. The first kappa shape index (κ1) is 15.4. The molecule has 1 saturated carbocycles. The fourth-order valence-electron chi connectivity index (χ4n) is 3.02. The highest BCUT2D eigenvalue weighted by molar-refractivity contribution is 6.34. The summed E-state index contributed by atoms with van der Waals surface area (Å²) in [6.45, 7) is 7.02. The number of rotatable bonds is 6. The summed E-state index contributed by atoms with van der Waals surface area (Å²) < 4.78 is 5.48. The first-order valence-corrected chi connectivity index (χ1v) is 8.61. The van der Waals surface area contributed by atoms with Gasteiger partial charge in [0.2, 0.25) is 9.76 Å². The third kappa shape index (κ3) is 3.65. The molecule has 1 nitrogen and oxygen atoms in total. The van der Waals surface area contributed by atoms with Crippen molar-refractivity contribution in [1.29, 1.82) is 0 Å². The molecule has 1 rings (SSSR count). The van der Waals surface area contributed by atoms with Gasteiger partial charge in [0, 0.05) is 5.04 Å². The van der Waals surface area contributed by atoms with E-state index in [4.69, 9.17) is 10.8 Å². The lowest BCUT2D eigenvalue weighted by Crippen LogP contribution is -2.38. The van der Waals surface area contributed by atoms with Gasteiger partial charge in [0.25, 0.3) is 0 Å². The Morgan fingerprint density at radius 1 is 1.33 bits per heavy atom. The minimum absolute atomic E-state index is 0.269. The highest BCUT2D eigenvalue weighted by Gasteiger charge is 2.45. The molecule has 0 bridgehead atoms. The van der Waals surface area contributed by atoms with E-state index in [2.05, 4.69) is 39.0 Å². The number of hydrogen-bond acceptors (Lipinski definition) is 1. The van der Waals surface area contributed by atoms with E-state index in [1.807, 2.05) is 0 Å². The lowest BCUT2D eigenvalue weighted by molar-refractivity contribution is 0.179. The maximum absolute atomic E-state index is 5.48. The van der Waals surface area contributed by atoms with Gasteiger partial charge in [-0.1, -0.05) is 65.0 Å². The number of allylic oxidation sites excluding steroid dienone is 2. The Balaban J connectivity index is 2.80. The van der Waals surface area contributed by atoms with Crippen LogP contribution in [-0.4, -0.2) is 9.76 Å². The topological polar surface area (TPSA) is 9.23 Å². The molecule has 0 amide bonds. The summed E-state index contributed by atoms with van der Waals surface area (Å²) in [5.74, 6) is 0. The molecule has 1 fully saturated rings. The summed E-state index contributed by atoms with van der Waals surface area (Å²) in [5.41, 5.74) is 0.344. The first-order chi connectivity index (χ1) is 8.58. The molecule has 0 saturated heterocycles. The summed E-state index contributed by atoms with van der Waals surface area (Å²) in [4.78, 5) is 0. The van der Waals surface area contributed by atoms with Gasteiger partial charge in [0.1, 0.15) is 0 Å². The minimum Gasteiger partial charge on any atom is -0.508 e. The van der Waals surface area contributed by atoms with Gasteiger partial charge in [-0.2, -0.15) is 0 Å². The molecule has 2 heteroatoms. The molecule has 0 aromatic heterocycles. The molecule has 0 N–H and O–H groups in total. The Hall–Kier alpha value is -0.683. The van der Waals surface area contributed by atoms with Crippen molar-refractivity contribution in [3.05, 3.63) is 12.2 Å². The molecular formula is C16H28OSi. The number of hydrogen-bond donors (Lipinski definition) is 0. The average Bonchev–Trinajstić information content (AvgIpc) is 2.35. The fraction of sp³-hybridized carbons (Fsp3) is 0.750. The van der Waals surface area contributed by atoms with Gasteiger partial charge in [-0.15, -0.1) is 0 Å². The van der Waals surface area contributed by atoms with Gasteiger partial charge in [-0.05, 0) is 24.7 Å². The molecule has 1 aliphatic carbocycles. The van der Waals surface area contributed by atoms with Crippen molar-refractivity contribution in [3.63, 3.8) is 0 Å². The predicted octanol–water partition coefficient (Wildman–Crippen LogP) is 4.18. The second-order valence-corrected chi connectivity index (χ2v) is 8.04. The summed E-state index contributed by atoms with van der Waals surface area (Å²) in [6.07, 6.45) is 21.5. The molecule has 102 valence electrons. The highest BCUT2D eigenvalue weighted by Crippen LogP contribution is 2.56.